The Labute approximate surface area is 128 Å². The minimum Gasteiger partial charge on any atom is -0.481 e. The van der Waals surface area contributed by atoms with Gasteiger partial charge in [-0.2, -0.15) is 0 Å². The monoisotopic (exact) mass is 289 g/mol. The van der Waals surface area contributed by atoms with Gasteiger partial charge in [-0.15, -0.1) is 0 Å². The first kappa shape index (κ1) is 16.0. The molecule has 21 heavy (non-hydrogen) atoms. The van der Waals surface area contributed by atoms with Crippen LogP contribution in [0.2, 0.25) is 0 Å². The summed E-state index contributed by atoms with van der Waals surface area (Å²) in [6.07, 6.45) is 4.62. The van der Waals surface area contributed by atoms with Crippen LogP contribution < -0.4 is 0 Å². The molecule has 1 aromatic carbocycles. The molecule has 1 aromatic rings. The van der Waals surface area contributed by atoms with E-state index in [0.29, 0.717) is 12.1 Å². The number of carbonyl (C=O) groups is 1. The van der Waals surface area contributed by atoms with Crippen molar-refractivity contribution in [2.24, 2.45) is 0 Å². The standard InChI is InChI=1S/C18H27NO2/c1-13-7-8-14(2)17(12-13)15(3)19-11-5-4-6-16(19)9-10-18(20)21/h7-8,12,15-16H,4-6,9-11H2,1-3H3,(H,20,21). The van der Waals surface area contributed by atoms with E-state index in [1.54, 1.807) is 0 Å². The number of carboxylic acid groups (broad SMARTS) is 1. The maximum Gasteiger partial charge on any atom is 0.303 e. The number of likely N-dealkylation sites (tertiary alicyclic amines) is 1. The summed E-state index contributed by atoms with van der Waals surface area (Å²) < 4.78 is 0. The Morgan fingerprint density at radius 2 is 2.14 bits per heavy atom. The summed E-state index contributed by atoms with van der Waals surface area (Å²) in [5, 5.41) is 8.95. The summed E-state index contributed by atoms with van der Waals surface area (Å²) >= 11 is 0. The van der Waals surface area contributed by atoms with Crippen LogP contribution in [0.15, 0.2) is 18.2 Å². The van der Waals surface area contributed by atoms with Crippen LogP contribution in [0.5, 0.6) is 0 Å². The zero-order valence-electron chi connectivity index (χ0n) is 13.4. The number of aliphatic carboxylic acids is 1. The highest BCUT2D eigenvalue weighted by Gasteiger charge is 2.28. The predicted molar refractivity (Wildman–Crippen MR) is 85.5 cm³/mol. The van der Waals surface area contributed by atoms with Crippen molar-refractivity contribution in [3.8, 4) is 0 Å². The molecule has 0 amide bonds. The Bertz CT molecular complexity index is 498. The lowest BCUT2D eigenvalue weighted by Crippen LogP contribution is -2.41. The van der Waals surface area contributed by atoms with E-state index in [0.717, 1.165) is 19.4 Å². The molecule has 1 saturated heterocycles. The van der Waals surface area contributed by atoms with E-state index in [1.807, 2.05) is 0 Å². The summed E-state index contributed by atoms with van der Waals surface area (Å²) in [6, 6.07) is 7.40. The van der Waals surface area contributed by atoms with Crippen LogP contribution in [-0.2, 0) is 4.79 Å². The maximum absolute atomic E-state index is 10.9. The van der Waals surface area contributed by atoms with E-state index < -0.39 is 5.97 Å². The van der Waals surface area contributed by atoms with Gasteiger partial charge in [-0.25, -0.2) is 0 Å². The average Bonchev–Trinajstić information content (AvgIpc) is 2.47. The summed E-state index contributed by atoms with van der Waals surface area (Å²) in [4.78, 5) is 13.4. The maximum atomic E-state index is 10.9. The molecule has 1 fully saturated rings. The molecule has 1 aliphatic rings. The fraction of sp³-hybridized carbons (Fsp3) is 0.611. The Kier molecular flexibility index (Phi) is 5.40. The molecule has 2 unspecified atom stereocenters. The van der Waals surface area contributed by atoms with Crippen LogP contribution in [0.1, 0.15) is 61.8 Å². The molecule has 0 aromatic heterocycles. The lowest BCUT2D eigenvalue weighted by atomic mass is 9.92. The van der Waals surface area contributed by atoms with Crippen molar-refractivity contribution >= 4 is 5.97 Å². The number of piperidine rings is 1. The zero-order valence-corrected chi connectivity index (χ0v) is 13.4. The Hall–Kier alpha value is -1.35. The molecule has 1 aliphatic heterocycles. The van der Waals surface area contributed by atoms with Gasteiger partial charge < -0.3 is 5.11 Å². The highest BCUT2D eigenvalue weighted by molar-refractivity contribution is 5.66. The lowest BCUT2D eigenvalue weighted by molar-refractivity contribution is -0.137. The second-order valence-electron chi connectivity index (χ2n) is 6.36. The number of hydrogen-bond donors (Lipinski definition) is 1. The van der Waals surface area contributed by atoms with Crippen LogP contribution in [0.3, 0.4) is 0 Å². The van der Waals surface area contributed by atoms with Crippen molar-refractivity contribution in [1.29, 1.82) is 0 Å². The molecule has 0 spiro atoms. The topological polar surface area (TPSA) is 40.5 Å². The van der Waals surface area contributed by atoms with Crippen LogP contribution >= 0.6 is 0 Å². The minimum absolute atomic E-state index is 0.278. The first-order chi connectivity index (χ1) is 9.99. The van der Waals surface area contributed by atoms with E-state index in [4.69, 9.17) is 5.11 Å². The second kappa shape index (κ2) is 7.08. The van der Waals surface area contributed by atoms with Crippen molar-refractivity contribution in [2.45, 2.75) is 65.0 Å². The summed E-state index contributed by atoms with van der Waals surface area (Å²) in [6.45, 7) is 7.65. The van der Waals surface area contributed by atoms with Gasteiger partial charge in [-0.3, -0.25) is 9.69 Å². The molecule has 3 nitrogen and oxygen atoms in total. The van der Waals surface area contributed by atoms with E-state index in [1.165, 1.54) is 29.5 Å². The normalized spacial score (nSPS) is 21.2. The van der Waals surface area contributed by atoms with Gasteiger partial charge in [-0.1, -0.05) is 30.2 Å². The Balaban J connectivity index is 2.15. The van der Waals surface area contributed by atoms with Gasteiger partial charge in [-0.05, 0) is 57.7 Å². The highest BCUT2D eigenvalue weighted by atomic mass is 16.4. The number of carboxylic acids is 1. The molecule has 0 aliphatic carbocycles. The van der Waals surface area contributed by atoms with E-state index in [-0.39, 0.29) is 6.42 Å². The van der Waals surface area contributed by atoms with Gasteiger partial charge in [0, 0.05) is 18.5 Å². The number of aryl methyl sites for hydroxylation is 2. The Morgan fingerprint density at radius 1 is 1.38 bits per heavy atom. The largest absolute Gasteiger partial charge is 0.481 e. The zero-order chi connectivity index (χ0) is 15.4. The number of hydrogen-bond acceptors (Lipinski definition) is 2. The average molecular weight is 289 g/mol. The summed E-state index contributed by atoms with van der Waals surface area (Å²) in [7, 11) is 0. The SMILES string of the molecule is Cc1ccc(C)c(C(C)N2CCCCC2CCC(=O)O)c1. The van der Waals surface area contributed by atoms with Crippen LogP contribution in [-0.4, -0.2) is 28.6 Å². The fourth-order valence-electron chi connectivity index (χ4n) is 3.52. The van der Waals surface area contributed by atoms with Crippen molar-refractivity contribution < 1.29 is 9.90 Å². The van der Waals surface area contributed by atoms with Gasteiger partial charge in [0.25, 0.3) is 0 Å². The van der Waals surface area contributed by atoms with Crippen molar-refractivity contribution in [2.75, 3.05) is 6.54 Å². The molecule has 1 heterocycles. The fourth-order valence-corrected chi connectivity index (χ4v) is 3.52. The van der Waals surface area contributed by atoms with Crippen molar-refractivity contribution in [3.63, 3.8) is 0 Å². The third-order valence-corrected chi connectivity index (χ3v) is 4.75. The summed E-state index contributed by atoms with van der Waals surface area (Å²) in [5.74, 6) is -0.681. The van der Waals surface area contributed by atoms with Crippen molar-refractivity contribution in [3.05, 3.63) is 34.9 Å². The smallest absolute Gasteiger partial charge is 0.303 e. The van der Waals surface area contributed by atoms with Crippen molar-refractivity contribution in [1.82, 2.24) is 4.90 Å². The molecule has 0 bridgehead atoms. The number of nitrogens with zero attached hydrogens (tertiary/aromatic N) is 1. The molecule has 0 radical (unpaired) electrons. The first-order valence-corrected chi connectivity index (χ1v) is 8.03. The predicted octanol–water partition coefficient (Wildman–Crippen LogP) is 4.08. The molecule has 2 rings (SSSR count). The minimum atomic E-state index is -0.681. The third kappa shape index (κ3) is 4.07. The second-order valence-corrected chi connectivity index (χ2v) is 6.36. The first-order valence-electron chi connectivity index (χ1n) is 8.03. The third-order valence-electron chi connectivity index (χ3n) is 4.75. The van der Waals surface area contributed by atoms with Gasteiger partial charge in [0.15, 0.2) is 0 Å². The van der Waals surface area contributed by atoms with Gasteiger partial charge >= 0.3 is 5.97 Å². The lowest BCUT2D eigenvalue weighted by Gasteiger charge is -2.40. The molecular formula is C18H27NO2. The molecule has 2 atom stereocenters. The van der Waals surface area contributed by atoms with E-state index >= 15 is 0 Å². The number of rotatable bonds is 5. The van der Waals surface area contributed by atoms with E-state index in [9.17, 15) is 4.79 Å². The Morgan fingerprint density at radius 3 is 2.86 bits per heavy atom. The quantitative estimate of drug-likeness (QED) is 0.887. The molecular weight excluding hydrogens is 262 g/mol. The number of benzene rings is 1. The molecule has 3 heteroatoms. The highest BCUT2D eigenvalue weighted by Crippen LogP contribution is 2.32. The van der Waals surface area contributed by atoms with Crippen LogP contribution in [0.25, 0.3) is 0 Å². The van der Waals surface area contributed by atoms with Crippen LogP contribution in [0.4, 0.5) is 0 Å². The summed E-state index contributed by atoms with van der Waals surface area (Å²) in [5.41, 5.74) is 4.01. The molecule has 116 valence electrons. The van der Waals surface area contributed by atoms with Crippen LogP contribution in [0, 0.1) is 13.8 Å². The van der Waals surface area contributed by atoms with Gasteiger partial charge in [0.2, 0.25) is 0 Å². The molecule has 0 saturated carbocycles. The molecule has 1 N–H and O–H groups in total. The van der Waals surface area contributed by atoms with Gasteiger partial charge in [0.1, 0.15) is 0 Å². The van der Waals surface area contributed by atoms with Gasteiger partial charge in [0.05, 0.1) is 0 Å². The van der Waals surface area contributed by atoms with E-state index in [2.05, 4.69) is 43.9 Å².